The minimum atomic E-state index is -0.366. The largest absolute Gasteiger partial charge is 0.391 e. The van der Waals surface area contributed by atoms with E-state index in [2.05, 4.69) is 6.92 Å². The van der Waals surface area contributed by atoms with E-state index < -0.39 is 0 Å². The second kappa shape index (κ2) is 5.56. The molecule has 2 nitrogen and oxygen atoms in total. The van der Waals surface area contributed by atoms with E-state index in [4.69, 9.17) is 9.84 Å². The number of rotatable bonds is 5. The summed E-state index contributed by atoms with van der Waals surface area (Å²) in [7, 11) is 0. The van der Waals surface area contributed by atoms with Gasteiger partial charge in [0.05, 0.1) is 18.3 Å². The molecule has 11 heavy (non-hydrogen) atoms. The summed E-state index contributed by atoms with van der Waals surface area (Å²) in [5.41, 5.74) is 0. The Labute approximate surface area is 69.6 Å². The highest BCUT2D eigenvalue weighted by Gasteiger charge is 2.11. The standard InChI is InChI=1S/C9H20O2/c1-5-6-7(2)11-9(4)8(3)10/h7-10H,5-6H2,1-4H3. The molecule has 0 bridgehead atoms. The third-order valence-corrected chi connectivity index (χ3v) is 1.82. The summed E-state index contributed by atoms with van der Waals surface area (Å²) in [6.45, 7) is 7.83. The fraction of sp³-hybridized carbons (Fsp3) is 1.00. The Kier molecular flexibility index (Phi) is 5.51. The Hall–Kier alpha value is -0.0800. The summed E-state index contributed by atoms with van der Waals surface area (Å²) in [6.07, 6.45) is 2.06. The molecule has 0 spiro atoms. The Balaban J connectivity index is 3.48. The van der Waals surface area contributed by atoms with E-state index in [0.29, 0.717) is 0 Å². The van der Waals surface area contributed by atoms with Crippen LogP contribution in [0.2, 0.25) is 0 Å². The van der Waals surface area contributed by atoms with Crippen molar-refractivity contribution in [2.24, 2.45) is 0 Å². The van der Waals surface area contributed by atoms with Crippen LogP contribution < -0.4 is 0 Å². The molecule has 0 amide bonds. The monoisotopic (exact) mass is 160 g/mol. The number of aliphatic hydroxyl groups is 1. The van der Waals surface area contributed by atoms with Crippen LogP contribution >= 0.6 is 0 Å². The van der Waals surface area contributed by atoms with E-state index >= 15 is 0 Å². The second-order valence-electron chi connectivity index (χ2n) is 3.18. The third kappa shape index (κ3) is 5.22. The summed E-state index contributed by atoms with van der Waals surface area (Å²) >= 11 is 0. The van der Waals surface area contributed by atoms with Crippen molar-refractivity contribution < 1.29 is 9.84 Å². The van der Waals surface area contributed by atoms with E-state index in [-0.39, 0.29) is 18.3 Å². The average molecular weight is 160 g/mol. The molecule has 68 valence electrons. The molecule has 0 aliphatic heterocycles. The van der Waals surface area contributed by atoms with Gasteiger partial charge in [-0.3, -0.25) is 0 Å². The molecule has 0 aromatic heterocycles. The quantitative estimate of drug-likeness (QED) is 0.666. The molecule has 0 heterocycles. The van der Waals surface area contributed by atoms with Gasteiger partial charge in [-0.25, -0.2) is 0 Å². The molecule has 0 saturated heterocycles. The lowest BCUT2D eigenvalue weighted by molar-refractivity contribution is -0.0568. The first-order chi connectivity index (χ1) is 5.07. The predicted octanol–water partition coefficient (Wildman–Crippen LogP) is 1.96. The van der Waals surface area contributed by atoms with Gasteiger partial charge in [0, 0.05) is 0 Å². The minimum absolute atomic E-state index is 0.0449. The number of hydrogen-bond donors (Lipinski definition) is 1. The molecule has 0 aliphatic rings. The SMILES string of the molecule is CCCC(C)OC(C)C(C)O. The fourth-order valence-corrected chi connectivity index (χ4v) is 0.955. The second-order valence-corrected chi connectivity index (χ2v) is 3.18. The molecule has 3 atom stereocenters. The summed E-state index contributed by atoms with van der Waals surface area (Å²) in [5.74, 6) is 0. The van der Waals surface area contributed by atoms with Crippen molar-refractivity contribution in [3.8, 4) is 0 Å². The van der Waals surface area contributed by atoms with Gasteiger partial charge in [0.25, 0.3) is 0 Å². The van der Waals surface area contributed by atoms with Gasteiger partial charge in [-0.15, -0.1) is 0 Å². The molecule has 3 unspecified atom stereocenters. The zero-order valence-corrected chi connectivity index (χ0v) is 8.00. The van der Waals surface area contributed by atoms with Crippen LogP contribution in [0.4, 0.5) is 0 Å². The molecule has 0 rings (SSSR count). The van der Waals surface area contributed by atoms with Gasteiger partial charge in [0.1, 0.15) is 0 Å². The summed E-state index contributed by atoms with van der Waals surface area (Å²) in [4.78, 5) is 0. The van der Waals surface area contributed by atoms with Gasteiger partial charge in [-0.1, -0.05) is 13.3 Å². The van der Waals surface area contributed by atoms with Crippen molar-refractivity contribution in [2.45, 2.75) is 58.8 Å². The topological polar surface area (TPSA) is 29.5 Å². The molecular formula is C9H20O2. The third-order valence-electron chi connectivity index (χ3n) is 1.82. The first-order valence-electron chi connectivity index (χ1n) is 4.41. The number of hydrogen-bond acceptors (Lipinski definition) is 2. The number of aliphatic hydroxyl groups excluding tert-OH is 1. The van der Waals surface area contributed by atoms with Gasteiger partial charge in [-0.2, -0.15) is 0 Å². The lowest BCUT2D eigenvalue weighted by Gasteiger charge is -2.20. The maximum Gasteiger partial charge on any atom is 0.0806 e. The molecule has 0 aromatic carbocycles. The predicted molar refractivity (Wildman–Crippen MR) is 46.6 cm³/mol. The fourth-order valence-electron chi connectivity index (χ4n) is 0.955. The van der Waals surface area contributed by atoms with Crippen molar-refractivity contribution in [1.29, 1.82) is 0 Å². The maximum atomic E-state index is 9.11. The van der Waals surface area contributed by atoms with Crippen LogP contribution in [0.3, 0.4) is 0 Å². The molecule has 2 heteroatoms. The van der Waals surface area contributed by atoms with Crippen LogP contribution in [-0.4, -0.2) is 23.4 Å². The zero-order chi connectivity index (χ0) is 8.85. The number of ether oxygens (including phenoxy) is 1. The Morgan fingerprint density at radius 2 is 1.82 bits per heavy atom. The molecule has 0 radical (unpaired) electrons. The highest BCUT2D eigenvalue weighted by atomic mass is 16.5. The van der Waals surface area contributed by atoms with Crippen molar-refractivity contribution in [3.63, 3.8) is 0 Å². The normalized spacial score (nSPS) is 19.4. The molecule has 1 N–H and O–H groups in total. The molecule has 0 saturated carbocycles. The van der Waals surface area contributed by atoms with Gasteiger partial charge < -0.3 is 9.84 Å². The van der Waals surface area contributed by atoms with Crippen molar-refractivity contribution in [2.75, 3.05) is 0 Å². The summed E-state index contributed by atoms with van der Waals surface area (Å²) in [5, 5.41) is 9.11. The highest BCUT2D eigenvalue weighted by molar-refractivity contribution is 4.60. The van der Waals surface area contributed by atoms with E-state index in [1.54, 1.807) is 6.92 Å². The lowest BCUT2D eigenvalue weighted by atomic mass is 10.2. The zero-order valence-electron chi connectivity index (χ0n) is 8.00. The maximum absolute atomic E-state index is 9.11. The first-order valence-corrected chi connectivity index (χ1v) is 4.41. The van der Waals surface area contributed by atoms with E-state index in [9.17, 15) is 0 Å². The van der Waals surface area contributed by atoms with E-state index in [1.165, 1.54) is 0 Å². The Morgan fingerprint density at radius 1 is 1.27 bits per heavy atom. The highest BCUT2D eigenvalue weighted by Crippen LogP contribution is 2.06. The summed E-state index contributed by atoms with van der Waals surface area (Å²) in [6, 6.07) is 0. The van der Waals surface area contributed by atoms with Crippen LogP contribution in [-0.2, 0) is 4.74 Å². The Morgan fingerprint density at radius 3 is 2.18 bits per heavy atom. The smallest absolute Gasteiger partial charge is 0.0806 e. The average Bonchev–Trinajstić information content (AvgIpc) is 1.87. The van der Waals surface area contributed by atoms with Gasteiger partial charge in [0.15, 0.2) is 0 Å². The minimum Gasteiger partial charge on any atom is -0.391 e. The van der Waals surface area contributed by atoms with Gasteiger partial charge in [0.2, 0.25) is 0 Å². The van der Waals surface area contributed by atoms with E-state index in [1.807, 2.05) is 13.8 Å². The van der Waals surface area contributed by atoms with E-state index in [0.717, 1.165) is 12.8 Å². The van der Waals surface area contributed by atoms with Crippen LogP contribution in [0.1, 0.15) is 40.5 Å². The van der Waals surface area contributed by atoms with Gasteiger partial charge >= 0.3 is 0 Å². The molecule has 0 fully saturated rings. The Bertz CT molecular complexity index is 91.6. The van der Waals surface area contributed by atoms with Crippen LogP contribution in [0.15, 0.2) is 0 Å². The van der Waals surface area contributed by atoms with Crippen molar-refractivity contribution in [3.05, 3.63) is 0 Å². The van der Waals surface area contributed by atoms with Gasteiger partial charge in [-0.05, 0) is 27.2 Å². The summed E-state index contributed by atoms with van der Waals surface area (Å²) < 4.78 is 5.50. The van der Waals surface area contributed by atoms with Crippen LogP contribution in [0.5, 0.6) is 0 Å². The van der Waals surface area contributed by atoms with Crippen molar-refractivity contribution >= 4 is 0 Å². The van der Waals surface area contributed by atoms with Crippen LogP contribution in [0, 0.1) is 0 Å². The molecular weight excluding hydrogens is 140 g/mol. The van der Waals surface area contributed by atoms with Crippen molar-refractivity contribution in [1.82, 2.24) is 0 Å². The first kappa shape index (κ1) is 10.9. The lowest BCUT2D eigenvalue weighted by Crippen LogP contribution is -2.26. The van der Waals surface area contributed by atoms with Crippen LogP contribution in [0.25, 0.3) is 0 Å². The molecule has 0 aromatic rings. The molecule has 0 aliphatic carbocycles.